The summed E-state index contributed by atoms with van der Waals surface area (Å²) in [6.45, 7) is 1.03. The number of hydrazine groups is 1. The number of nitrogens with two attached hydrogens (primary N) is 1. The van der Waals surface area contributed by atoms with Gasteiger partial charge in [0, 0.05) is 0 Å². The van der Waals surface area contributed by atoms with Gasteiger partial charge in [0.2, 0.25) is 11.9 Å². The van der Waals surface area contributed by atoms with E-state index >= 15 is 0 Å². The first kappa shape index (κ1) is 13.4. The maximum absolute atomic E-state index is 9.13. The number of nitrogens with one attached hydrogen (secondary N) is 2. The molecule has 0 bridgehead atoms. The molecule has 0 atom stereocenters. The lowest BCUT2D eigenvalue weighted by molar-refractivity contribution is 0.147. The summed E-state index contributed by atoms with van der Waals surface area (Å²) in [5, 5.41) is 21.0. The van der Waals surface area contributed by atoms with Crippen LogP contribution in [0.2, 0.25) is 0 Å². The molecule has 9 heteroatoms. The average Bonchev–Trinajstić information content (AvgIpc) is 2.37. The maximum atomic E-state index is 9.13. The zero-order valence-corrected chi connectivity index (χ0v) is 9.64. The van der Waals surface area contributed by atoms with Crippen molar-refractivity contribution in [2.45, 2.75) is 12.5 Å². The zero-order valence-electron chi connectivity index (χ0n) is 9.64. The van der Waals surface area contributed by atoms with Crippen LogP contribution in [0.3, 0.4) is 0 Å². The van der Waals surface area contributed by atoms with Crippen LogP contribution in [-0.2, 0) is 0 Å². The zero-order chi connectivity index (χ0) is 12.9. The highest BCUT2D eigenvalue weighted by molar-refractivity contribution is 5.37. The number of ether oxygens (including phenoxy) is 1. The summed E-state index contributed by atoms with van der Waals surface area (Å²) in [5.41, 5.74) is 1.31. The Morgan fingerprint density at radius 3 is 2.29 bits per heavy atom. The molecule has 1 aromatic heterocycles. The molecule has 0 radical (unpaired) electrons. The Bertz CT molecular complexity index is 348. The lowest BCUT2D eigenvalue weighted by Gasteiger charge is -2.26. The quantitative estimate of drug-likeness (QED) is 0.293. The van der Waals surface area contributed by atoms with Crippen LogP contribution in [0.15, 0.2) is 0 Å². The average molecular weight is 244 g/mol. The first-order valence-electron chi connectivity index (χ1n) is 4.83. The lowest BCUT2D eigenvalue weighted by atomic mass is 10.1. The Balaban J connectivity index is 2.97. The van der Waals surface area contributed by atoms with Crippen LogP contribution in [-0.4, -0.2) is 51.0 Å². The second kappa shape index (κ2) is 5.57. The van der Waals surface area contributed by atoms with Gasteiger partial charge >= 0.3 is 6.01 Å². The van der Waals surface area contributed by atoms with Crippen molar-refractivity contribution in [2.24, 2.45) is 5.84 Å². The summed E-state index contributed by atoms with van der Waals surface area (Å²) >= 11 is 0. The van der Waals surface area contributed by atoms with Gasteiger partial charge < -0.3 is 20.3 Å². The summed E-state index contributed by atoms with van der Waals surface area (Å²) < 4.78 is 4.86. The van der Waals surface area contributed by atoms with E-state index in [-0.39, 0.29) is 31.1 Å². The van der Waals surface area contributed by atoms with Gasteiger partial charge in [0.1, 0.15) is 0 Å². The van der Waals surface area contributed by atoms with Crippen molar-refractivity contribution in [1.29, 1.82) is 0 Å². The minimum Gasteiger partial charge on any atom is -0.467 e. The molecule has 0 spiro atoms. The fourth-order valence-corrected chi connectivity index (χ4v) is 0.967. The number of aromatic nitrogens is 3. The molecule has 0 unspecified atom stereocenters. The van der Waals surface area contributed by atoms with E-state index in [0.717, 1.165) is 0 Å². The van der Waals surface area contributed by atoms with Gasteiger partial charge in [-0.25, -0.2) is 5.84 Å². The number of methoxy groups -OCH3 is 1. The standard InChI is InChI=1S/C8H16N6O3/c1-8(3-15,4-16)13-5-10-6(14-9)12-7(11-5)17-2/h15-16H,3-4,9H2,1-2H3,(H2,10,11,12,13,14). The minimum absolute atomic E-state index is 0.0636. The molecule has 1 heterocycles. The number of aliphatic hydroxyl groups excluding tert-OH is 2. The van der Waals surface area contributed by atoms with E-state index in [0.29, 0.717) is 0 Å². The predicted octanol–water partition coefficient (Wildman–Crippen LogP) is -1.68. The molecule has 0 aromatic carbocycles. The van der Waals surface area contributed by atoms with Gasteiger partial charge in [-0.3, -0.25) is 5.43 Å². The molecule has 17 heavy (non-hydrogen) atoms. The Kier molecular flexibility index (Phi) is 4.37. The molecule has 0 aliphatic carbocycles. The monoisotopic (exact) mass is 244 g/mol. The fraction of sp³-hybridized carbons (Fsp3) is 0.625. The molecular weight excluding hydrogens is 228 g/mol. The Hall–Kier alpha value is -1.71. The van der Waals surface area contributed by atoms with Gasteiger partial charge in [-0.15, -0.1) is 0 Å². The van der Waals surface area contributed by atoms with E-state index in [2.05, 4.69) is 25.7 Å². The number of hydrogen-bond donors (Lipinski definition) is 5. The second-order valence-corrected chi connectivity index (χ2v) is 3.62. The van der Waals surface area contributed by atoms with Crippen molar-refractivity contribution in [3.8, 4) is 6.01 Å². The van der Waals surface area contributed by atoms with Crippen LogP contribution in [0, 0.1) is 0 Å². The number of anilines is 2. The van der Waals surface area contributed by atoms with Crippen molar-refractivity contribution in [3.05, 3.63) is 0 Å². The highest BCUT2D eigenvalue weighted by atomic mass is 16.5. The van der Waals surface area contributed by atoms with Crippen molar-refractivity contribution < 1.29 is 14.9 Å². The molecular formula is C8H16N6O3. The third-order valence-electron chi connectivity index (χ3n) is 2.04. The first-order valence-corrected chi connectivity index (χ1v) is 4.83. The molecule has 0 aliphatic heterocycles. The van der Waals surface area contributed by atoms with Gasteiger partial charge in [0.15, 0.2) is 0 Å². The van der Waals surface area contributed by atoms with E-state index in [9.17, 15) is 0 Å². The van der Waals surface area contributed by atoms with Crippen LogP contribution < -0.4 is 21.3 Å². The summed E-state index contributed by atoms with van der Waals surface area (Å²) in [6, 6.07) is 0.0636. The van der Waals surface area contributed by atoms with Gasteiger partial charge in [-0.05, 0) is 6.92 Å². The van der Waals surface area contributed by atoms with Crippen molar-refractivity contribution in [1.82, 2.24) is 15.0 Å². The van der Waals surface area contributed by atoms with E-state index in [1.54, 1.807) is 6.92 Å². The molecule has 1 aromatic rings. The molecule has 96 valence electrons. The third kappa shape index (κ3) is 3.37. The summed E-state index contributed by atoms with van der Waals surface area (Å²) in [6.07, 6.45) is 0. The van der Waals surface area contributed by atoms with Crippen LogP contribution in [0.4, 0.5) is 11.9 Å². The number of nitrogen functional groups attached to an aromatic ring is 1. The number of hydrogen-bond acceptors (Lipinski definition) is 9. The highest BCUT2D eigenvalue weighted by Gasteiger charge is 2.23. The molecule has 6 N–H and O–H groups in total. The van der Waals surface area contributed by atoms with Gasteiger partial charge in [-0.1, -0.05) is 0 Å². The SMILES string of the molecule is COc1nc(NN)nc(NC(C)(CO)CO)n1. The maximum Gasteiger partial charge on any atom is 0.322 e. The molecule has 0 amide bonds. The summed E-state index contributed by atoms with van der Waals surface area (Å²) in [4.78, 5) is 11.6. The number of nitrogens with zero attached hydrogens (tertiary/aromatic N) is 3. The topological polar surface area (TPSA) is 138 Å². The van der Waals surface area contributed by atoms with Gasteiger partial charge in [0.25, 0.3) is 0 Å². The second-order valence-electron chi connectivity index (χ2n) is 3.62. The third-order valence-corrected chi connectivity index (χ3v) is 2.04. The first-order chi connectivity index (χ1) is 8.06. The van der Waals surface area contributed by atoms with Crippen molar-refractivity contribution in [3.63, 3.8) is 0 Å². The fourth-order valence-electron chi connectivity index (χ4n) is 0.967. The molecule has 0 saturated carbocycles. The van der Waals surface area contributed by atoms with Crippen LogP contribution in [0.1, 0.15) is 6.92 Å². The molecule has 1 rings (SSSR count). The number of rotatable bonds is 6. The van der Waals surface area contributed by atoms with Crippen molar-refractivity contribution >= 4 is 11.9 Å². The molecule has 0 aliphatic rings. The predicted molar refractivity (Wildman–Crippen MR) is 60.4 cm³/mol. The smallest absolute Gasteiger partial charge is 0.322 e. The van der Waals surface area contributed by atoms with Crippen molar-refractivity contribution in [2.75, 3.05) is 31.1 Å². The van der Waals surface area contributed by atoms with Crippen LogP contribution in [0.5, 0.6) is 6.01 Å². The van der Waals surface area contributed by atoms with E-state index < -0.39 is 5.54 Å². The lowest BCUT2D eigenvalue weighted by Crippen LogP contribution is -2.43. The van der Waals surface area contributed by atoms with E-state index in [1.807, 2.05) is 0 Å². The molecule has 9 nitrogen and oxygen atoms in total. The number of aliphatic hydroxyl groups is 2. The van der Waals surface area contributed by atoms with Crippen LogP contribution in [0.25, 0.3) is 0 Å². The van der Waals surface area contributed by atoms with E-state index in [1.165, 1.54) is 7.11 Å². The van der Waals surface area contributed by atoms with E-state index in [4.69, 9.17) is 20.8 Å². The summed E-state index contributed by atoms with van der Waals surface area (Å²) in [5.74, 6) is 5.43. The Morgan fingerprint density at radius 1 is 1.24 bits per heavy atom. The largest absolute Gasteiger partial charge is 0.467 e. The Labute approximate surface area is 98.0 Å². The van der Waals surface area contributed by atoms with Gasteiger partial charge in [-0.2, -0.15) is 15.0 Å². The summed E-state index contributed by atoms with van der Waals surface area (Å²) in [7, 11) is 1.40. The van der Waals surface area contributed by atoms with Gasteiger partial charge in [0.05, 0.1) is 25.9 Å². The highest BCUT2D eigenvalue weighted by Crippen LogP contribution is 2.14. The molecule has 0 fully saturated rings. The normalized spacial score (nSPS) is 11.1. The van der Waals surface area contributed by atoms with Crippen LogP contribution >= 0.6 is 0 Å². The minimum atomic E-state index is -0.946. The Morgan fingerprint density at radius 2 is 1.82 bits per heavy atom. The molecule has 0 saturated heterocycles.